The van der Waals surface area contributed by atoms with Gasteiger partial charge in [-0.05, 0) is 19.1 Å². The van der Waals surface area contributed by atoms with Crippen LogP contribution in [0.1, 0.15) is 12.7 Å². The highest BCUT2D eigenvalue weighted by molar-refractivity contribution is 7.13. The molecule has 2 aromatic carbocycles. The Morgan fingerprint density at radius 2 is 1.93 bits per heavy atom. The van der Waals surface area contributed by atoms with Crippen molar-refractivity contribution in [1.29, 1.82) is 0 Å². The molecular weight excluding hydrogens is 362 g/mol. The Hall–Kier alpha value is -3.25. The number of benzene rings is 2. The van der Waals surface area contributed by atoms with Crippen molar-refractivity contribution >= 4 is 28.3 Å². The van der Waals surface area contributed by atoms with Gasteiger partial charge >= 0.3 is 5.97 Å². The molecule has 0 N–H and O–H groups in total. The molecule has 0 aliphatic rings. The lowest BCUT2D eigenvalue weighted by atomic mass is 10.1. The molecule has 2 heterocycles. The van der Waals surface area contributed by atoms with E-state index >= 15 is 0 Å². The maximum Gasteiger partial charge on any atom is 0.308 e. The lowest BCUT2D eigenvalue weighted by Gasteiger charge is -2.06. The predicted octanol–water partition coefficient (Wildman–Crippen LogP) is 4.82. The first kappa shape index (κ1) is 17.2. The maximum absolute atomic E-state index is 13.0. The SMILES string of the molecule is CC(=O)Oc1ccc2c(=O)c(-c3csc(-c4ccccc4)n3)c(C)oc2c1. The van der Waals surface area contributed by atoms with E-state index in [4.69, 9.17) is 9.15 Å². The molecule has 0 saturated carbocycles. The lowest BCUT2D eigenvalue weighted by molar-refractivity contribution is -0.131. The summed E-state index contributed by atoms with van der Waals surface area (Å²) in [7, 11) is 0. The second-order valence-corrected chi connectivity index (χ2v) is 6.88. The van der Waals surface area contributed by atoms with Gasteiger partial charge in [-0.1, -0.05) is 30.3 Å². The van der Waals surface area contributed by atoms with E-state index in [1.54, 1.807) is 25.1 Å². The number of aromatic nitrogens is 1. The summed E-state index contributed by atoms with van der Waals surface area (Å²) in [6.07, 6.45) is 0. The van der Waals surface area contributed by atoms with Gasteiger partial charge in [0, 0.05) is 23.9 Å². The quantitative estimate of drug-likeness (QED) is 0.378. The molecule has 6 heteroatoms. The van der Waals surface area contributed by atoms with E-state index in [9.17, 15) is 9.59 Å². The second-order valence-electron chi connectivity index (χ2n) is 6.02. The molecule has 134 valence electrons. The van der Waals surface area contributed by atoms with Gasteiger partial charge in [-0.25, -0.2) is 4.98 Å². The van der Waals surface area contributed by atoms with Crippen molar-refractivity contribution in [2.75, 3.05) is 0 Å². The summed E-state index contributed by atoms with van der Waals surface area (Å²) < 4.78 is 10.9. The zero-order chi connectivity index (χ0) is 19.0. The largest absolute Gasteiger partial charge is 0.460 e. The fourth-order valence-corrected chi connectivity index (χ4v) is 3.73. The summed E-state index contributed by atoms with van der Waals surface area (Å²) in [6, 6.07) is 14.5. The Kier molecular flexibility index (Phi) is 4.33. The fraction of sp³-hybridized carbons (Fsp3) is 0.0952. The van der Waals surface area contributed by atoms with E-state index in [2.05, 4.69) is 4.98 Å². The Morgan fingerprint density at radius 1 is 1.15 bits per heavy atom. The van der Waals surface area contributed by atoms with E-state index in [-0.39, 0.29) is 5.43 Å². The van der Waals surface area contributed by atoms with Crippen LogP contribution in [0, 0.1) is 6.92 Å². The van der Waals surface area contributed by atoms with Crippen LogP contribution in [0.15, 0.2) is 63.1 Å². The molecule has 0 spiro atoms. The zero-order valence-electron chi connectivity index (χ0n) is 14.7. The van der Waals surface area contributed by atoms with Crippen LogP contribution in [0.2, 0.25) is 0 Å². The maximum atomic E-state index is 13.0. The number of aryl methyl sites for hydroxylation is 1. The van der Waals surface area contributed by atoms with Gasteiger partial charge in [0.15, 0.2) is 0 Å². The number of rotatable bonds is 3. The first-order chi connectivity index (χ1) is 13.0. The van der Waals surface area contributed by atoms with E-state index in [1.807, 2.05) is 35.7 Å². The smallest absolute Gasteiger partial charge is 0.308 e. The number of esters is 1. The Morgan fingerprint density at radius 3 is 2.67 bits per heavy atom. The summed E-state index contributed by atoms with van der Waals surface area (Å²) >= 11 is 1.48. The van der Waals surface area contributed by atoms with Crippen molar-refractivity contribution in [2.45, 2.75) is 13.8 Å². The molecule has 0 fully saturated rings. The number of carbonyl (C=O) groups is 1. The average molecular weight is 377 g/mol. The molecule has 27 heavy (non-hydrogen) atoms. The predicted molar refractivity (Wildman–Crippen MR) is 105 cm³/mol. The van der Waals surface area contributed by atoms with Crippen molar-refractivity contribution in [2.24, 2.45) is 0 Å². The Labute approximate surface area is 158 Å². The van der Waals surface area contributed by atoms with Gasteiger partial charge in [0.05, 0.1) is 16.6 Å². The molecule has 0 amide bonds. The number of nitrogens with zero attached hydrogens (tertiary/aromatic N) is 1. The van der Waals surface area contributed by atoms with Gasteiger partial charge in [0.25, 0.3) is 0 Å². The molecule has 0 aliphatic heterocycles. The summed E-state index contributed by atoms with van der Waals surface area (Å²) in [5.41, 5.74) is 2.26. The van der Waals surface area contributed by atoms with Crippen LogP contribution in [0.4, 0.5) is 0 Å². The van der Waals surface area contributed by atoms with Gasteiger partial charge in [0.2, 0.25) is 5.43 Å². The van der Waals surface area contributed by atoms with Crippen molar-refractivity contribution in [1.82, 2.24) is 4.98 Å². The molecule has 4 aromatic rings. The molecule has 0 bridgehead atoms. The second kappa shape index (κ2) is 6.81. The summed E-state index contributed by atoms with van der Waals surface area (Å²) in [6.45, 7) is 3.05. The van der Waals surface area contributed by atoms with Crippen LogP contribution in [-0.4, -0.2) is 11.0 Å². The van der Waals surface area contributed by atoms with Gasteiger partial charge in [-0.15, -0.1) is 11.3 Å². The molecule has 4 rings (SSSR count). The standard InChI is InChI=1S/C21H15NO4S/c1-12-19(17-11-27-21(22-17)14-6-4-3-5-7-14)20(24)16-9-8-15(26-13(2)23)10-18(16)25-12/h3-11H,1-2H3. The lowest BCUT2D eigenvalue weighted by Crippen LogP contribution is -2.08. The van der Waals surface area contributed by atoms with E-state index in [0.717, 1.165) is 10.6 Å². The van der Waals surface area contributed by atoms with Gasteiger partial charge in [0.1, 0.15) is 22.1 Å². The third-order valence-corrected chi connectivity index (χ3v) is 4.97. The van der Waals surface area contributed by atoms with Crippen LogP contribution < -0.4 is 10.2 Å². The molecule has 0 saturated heterocycles. The fourth-order valence-electron chi connectivity index (χ4n) is 2.91. The number of hydrogen-bond acceptors (Lipinski definition) is 6. The Balaban J connectivity index is 1.82. The zero-order valence-corrected chi connectivity index (χ0v) is 15.5. The van der Waals surface area contributed by atoms with Gasteiger partial charge in [-0.2, -0.15) is 0 Å². The number of carbonyl (C=O) groups excluding carboxylic acids is 1. The molecule has 2 aromatic heterocycles. The average Bonchev–Trinajstić information content (AvgIpc) is 3.11. The third kappa shape index (κ3) is 3.27. The third-order valence-electron chi connectivity index (χ3n) is 4.08. The van der Waals surface area contributed by atoms with Crippen molar-refractivity contribution in [3.8, 4) is 27.6 Å². The first-order valence-electron chi connectivity index (χ1n) is 8.30. The van der Waals surface area contributed by atoms with Crippen molar-refractivity contribution < 1.29 is 13.9 Å². The highest BCUT2D eigenvalue weighted by Crippen LogP contribution is 2.30. The van der Waals surface area contributed by atoms with Crippen molar-refractivity contribution in [3.05, 3.63) is 69.9 Å². The summed E-state index contributed by atoms with van der Waals surface area (Å²) in [5, 5.41) is 3.12. The summed E-state index contributed by atoms with van der Waals surface area (Å²) in [5.74, 6) is 0.378. The molecular formula is C21H15NO4S. The van der Waals surface area contributed by atoms with Gasteiger partial charge < -0.3 is 9.15 Å². The first-order valence-corrected chi connectivity index (χ1v) is 9.18. The molecule has 0 atom stereocenters. The molecule has 0 radical (unpaired) electrons. The van der Waals surface area contributed by atoms with Gasteiger partial charge in [-0.3, -0.25) is 9.59 Å². The number of hydrogen-bond donors (Lipinski definition) is 0. The van der Waals surface area contributed by atoms with Crippen LogP contribution in [0.5, 0.6) is 5.75 Å². The van der Waals surface area contributed by atoms with E-state index in [1.165, 1.54) is 18.3 Å². The van der Waals surface area contributed by atoms with Crippen LogP contribution in [0.25, 0.3) is 32.8 Å². The normalized spacial score (nSPS) is 10.9. The number of thiazole rings is 1. The topological polar surface area (TPSA) is 69.4 Å². The van der Waals surface area contributed by atoms with Crippen LogP contribution >= 0.6 is 11.3 Å². The number of fused-ring (bicyclic) bond motifs is 1. The molecule has 0 unspecified atom stereocenters. The highest BCUT2D eigenvalue weighted by Gasteiger charge is 2.17. The Bertz CT molecular complexity index is 1210. The van der Waals surface area contributed by atoms with E-state index < -0.39 is 5.97 Å². The van der Waals surface area contributed by atoms with Crippen LogP contribution in [-0.2, 0) is 4.79 Å². The highest BCUT2D eigenvalue weighted by atomic mass is 32.1. The minimum atomic E-state index is -0.430. The minimum absolute atomic E-state index is 0.159. The van der Waals surface area contributed by atoms with Crippen molar-refractivity contribution in [3.63, 3.8) is 0 Å². The molecule has 5 nitrogen and oxygen atoms in total. The monoisotopic (exact) mass is 377 g/mol. The minimum Gasteiger partial charge on any atom is -0.460 e. The summed E-state index contributed by atoms with van der Waals surface area (Å²) in [4.78, 5) is 28.8. The molecule has 0 aliphatic carbocycles. The number of ether oxygens (including phenoxy) is 1. The van der Waals surface area contributed by atoms with Crippen LogP contribution in [0.3, 0.4) is 0 Å². The van der Waals surface area contributed by atoms with E-state index in [0.29, 0.717) is 33.7 Å².